The Hall–Kier alpha value is -3.98. The predicted octanol–water partition coefficient (Wildman–Crippen LogP) is 6.09. The van der Waals surface area contributed by atoms with Crippen molar-refractivity contribution in [1.82, 2.24) is 25.3 Å². The van der Waals surface area contributed by atoms with Crippen LogP contribution in [0.25, 0.3) is 11.1 Å². The number of nitrogens with zero attached hydrogens (tertiary/aromatic N) is 3. The molecular weight excluding hydrogens is 638 g/mol. The monoisotopic (exact) mass is 697 g/mol. The summed E-state index contributed by atoms with van der Waals surface area (Å²) >= 11 is 0. The van der Waals surface area contributed by atoms with Gasteiger partial charge in [-0.05, 0) is 86.6 Å². The highest BCUT2D eigenvalue weighted by Gasteiger charge is 2.41. The molecule has 3 aliphatic rings. The van der Waals surface area contributed by atoms with Crippen molar-refractivity contribution in [2.24, 2.45) is 11.3 Å². The Labute approximate surface area is 305 Å². The molecule has 2 aliphatic heterocycles. The van der Waals surface area contributed by atoms with Crippen molar-refractivity contribution in [3.63, 3.8) is 0 Å². The Balaban J connectivity index is 1.31. The smallest absolute Gasteiger partial charge is 0.249 e. The van der Waals surface area contributed by atoms with Gasteiger partial charge >= 0.3 is 0 Å². The number of likely N-dealkylation sites (tertiary alicyclic amines) is 2. The quantitative estimate of drug-likeness (QED) is 0.293. The number of benzene rings is 2. The van der Waals surface area contributed by atoms with Gasteiger partial charge in [0.2, 0.25) is 23.6 Å². The highest BCUT2D eigenvalue weighted by atomic mass is 16.2. The molecule has 51 heavy (non-hydrogen) atoms. The Morgan fingerprint density at radius 2 is 1.41 bits per heavy atom. The molecule has 4 atom stereocenters. The van der Waals surface area contributed by atoms with Gasteiger partial charge in [0.1, 0.15) is 12.1 Å². The molecule has 0 radical (unpaired) electrons. The SMILES string of the molecule is C/C(=C\[C@H](C(C)C)N(C)C(=O)C(NC(=O)C1CCCCN1C(C)C)C(C)(C)C)C(=O)N1CCC[C@H]1C(=O)NC1c2ccccc2-c2ccccc21. The number of fused-ring (bicyclic) bond motifs is 3. The number of rotatable bonds is 10. The van der Waals surface area contributed by atoms with Crippen LogP contribution < -0.4 is 10.6 Å². The predicted molar refractivity (Wildman–Crippen MR) is 203 cm³/mol. The Bertz CT molecular complexity index is 1600. The van der Waals surface area contributed by atoms with Crippen LogP contribution >= 0.6 is 0 Å². The highest BCUT2D eigenvalue weighted by Crippen LogP contribution is 2.43. The van der Waals surface area contributed by atoms with E-state index in [1.165, 1.54) is 0 Å². The summed E-state index contributed by atoms with van der Waals surface area (Å²) in [5.41, 5.74) is 4.32. The number of carbonyl (C=O) groups is 4. The minimum absolute atomic E-state index is 0.00651. The standard InChI is InChI=1S/C42H59N5O4/c1-26(2)35(45(9)41(51)37(42(6,7)8)44-39(49)33-21-14-15-23-46(33)27(3)4)25-28(5)40(50)47-24-16-22-34(47)38(48)43-36-31-19-12-10-17-29(31)30-18-11-13-20-32(30)36/h10-13,17-20,25-27,33-37H,14-16,21-24H2,1-9H3,(H,43,48)(H,44,49)/b28-25+/t33?,34-,35+,37?/m0/s1. The molecule has 2 aromatic carbocycles. The van der Waals surface area contributed by atoms with Crippen LogP contribution in [0.2, 0.25) is 0 Å². The molecule has 0 aromatic heterocycles. The number of hydrogen-bond donors (Lipinski definition) is 2. The van der Waals surface area contributed by atoms with Crippen LogP contribution in [0.3, 0.4) is 0 Å². The zero-order valence-electron chi connectivity index (χ0n) is 32.2. The van der Waals surface area contributed by atoms with Gasteiger partial charge in [-0.3, -0.25) is 24.1 Å². The lowest BCUT2D eigenvalue weighted by Crippen LogP contribution is -2.60. The first-order valence-corrected chi connectivity index (χ1v) is 18.9. The molecule has 0 saturated carbocycles. The second kappa shape index (κ2) is 15.7. The van der Waals surface area contributed by atoms with Crippen LogP contribution in [0.5, 0.6) is 0 Å². The van der Waals surface area contributed by atoms with E-state index in [9.17, 15) is 19.2 Å². The van der Waals surface area contributed by atoms with Crippen LogP contribution in [0, 0.1) is 11.3 Å². The third-order valence-corrected chi connectivity index (χ3v) is 11.1. The first-order valence-electron chi connectivity index (χ1n) is 18.9. The van der Waals surface area contributed by atoms with Gasteiger partial charge in [-0.2, -0.15) is 0 Å². The lowest BCUT2D eigenvalue weighted by molar-refractivity contribution is -0.142. The third kappa shape index (κ3) is 8.09. The van der Waals surface area contributed by atoms with Gasteiger partial charge in [0.25, 0.3) is 0 Å². The van der Waals surface area contributed by atoms with E-state index < -0.39 is 23.5 Å². The first-order chi connectivity index (χ1) is 24.1. The third-order valence-electron chi connectivity index (χ3n) is 11.1. The topological polar surface area (TPSA) is 102 Å². The number of hydrogen-bond acceptors (Lipinski definition) is 5. The fourth-order valence-electron chi connectivity index (χ4n) is 8.23. The summed E-state index contributed by atoms with van der Waals surface area (Å²) in [6.45, 7) is 17.3. The van der Waals surface area contributed by atoms with Crippen molar-refractivity contribution in [1.29, 1.82) is 0 Å². The van der Waals surface area contributed by atoms with Crippen LogP contribution in [-0.2, 0) is 19.2 Å². The van der Waals surface area contributed by atoms with Gasteiger partial charge < -0.3 is 20.4 Å². The van der Waals surface area contributed by atoms with Gasteiger partial charge in [0, 0.05) is 25.2 Å². The molecule has 2 N–H and O–H groups in total. The lowest BCUT2D eigenvalue weighted by atomic mass is 9.84. The number of amides is 4. The molecule has 4 amide bonds. The second-order valence-corrected chi connectivity index (χ2v) is 16.5. The average molecular weight is 698 g/mol. The molecule has 0 spiro atoms. The fourth-order valence-corrected chi connectivity index (χ4v) is 8.23. The molecule has 2 unspecified atom stereocenters. The Kier molecular flexibility index (Phi) is 11.8. The molecule has 0 bridgehead atoms. The molecular formula is C42H59N5O4. The summed E-state index contributed by atoms with van der Waals surface area (Å²) in [5, 5.41) is 6.44. The number of likely N-dealkylation sites (N-methyl/N-ethyl adjacent to an activating group) is 1. The summed E-state index contributed by atoms with van der Waals surface area (Å²) in [4.78, 5) is 61.6. The van der Waals surface area contributed by atoms with E-state index in [1.54, 1.807) is 23.8 Å². The zero-order valence-corrected chi connectivity index (χ0v) is 32.2. The van der Waals surface area contributed by atoms with Gasteiger partial charge in [0.15, 0.2) is 0 Å². The molecule has 9 heteroatoms. The van der Waals surface area contributed by atoms with E-state index in [4.69, 9.17) is 0 Å². The van der Waals surface area contributed by atoms with Crippen molar-refractivity contribution in [3.8, 4) is 11.1 Å². The van der Waals surface area contributed by atoms with E-state index in [1.807, 2.05) is 65.0 Å². The summed E-state index contributed by atoms with van der Waals surface area (Å²) in [7, 11) is 1.76. The van der Waals surface area contributed by atoms with Crippen LogP contribution in [-0.4, -0.2) is 88.7 Å². The second-order valence-electron chi connectivity index (χ2n) is 16.5. The molecule has 1 aliphatic carbocycles. The minimum Gasteiger partial charge on any atom is -0.343 e. The van der Waals surface area contributed by atoms with Crippen molar-refractivity contribution >= 4 is 23.6 Å². The lowest BCUT2D eigenvalue weighted by Gasteiger charge is -2.41. The van der Waals surface area contributed by atoms with E-state index in [-0.39, 0.29) is 47.7 Å². The van der Waals surface area contributed by atoms with Gasteiger partial charge in [0.05, 0.1) is 18.1 Å². The summed E-state index contributed by atoms with van der Waals surface area (Å²) in [5.74, 6) is -0.647. The van der Waals surface area contributed by atoms with Crippen LogP contribution in [0.15, 0.2) is 60.2 Å². The minimum atomic E-state index is -0.742. The number of carbonyl (C=O) groups excluding carboxylic acids is 4. The molecule has 2 fully saturated rings. The largest absolute Gasteiger partial charge is 0.343 e. The van der Waals surface area contributed by atoms with E-state index >= 15 is 0 Å². The van der Waals surface area contributed by atoms with Crippen LogP contribution in [0.4, 0.5) is 0 Å². The maximum atomic E-state index is 14.3. The van der Waals surface area contributed by atoms with E-state index in [0.717, 1.165) is 54.5 Å². The van der Waals surface area contributed by atoms with Gasteiger partial charge in [-0.25, -0.2) is 0 Å². The molecule has 276 valence electrons. The van der Waals surface area contributed by atoms with Crippen molar-refractivity contribution in [3.05, 3.63) is 71.3 Å². The van der Waals surface area contributed by atoms with Crippen LogP contribution in [0.1, 0.15) is 105 Å². The molecule has 5 rings (SSSR count). The Morgan fingerprint density at radius 1 is 0.824 bits per heavy atom. The summed E-state index contributed by atoms with van der Waals surface area (Å²) in [6.07, 6.45) is 6.04. The normalized spacial score (nSPS) is 20.9. The van der Waals surface area contributed by atoms with E-state index in [2.05, 4.69) is 53.6 Å². The van der Waals surface area contributed by atoms with Crippen molar-refractivity contribution < 1.29 is 19.2 Å². The van der Waals surface area contributed by atoms with Crippen molar-refractivity contribution in [2.75, 3.05) is 20.1 Å². The number of piperidine rings is 1. The number of nitrogens with one attached hydrogen (secondary N) is 2. The molecule has 9 nitrogen and oxygen atoms in total. The van der Waals surface area contributed by atoms with Gasteiger partial charge in [-0.1, -0.05) is 95.6 Å². The Morgan fingerprint density at radius 3 is 1.98 bits per heavy atom. The fraction of sp³-hybridized carbons (Fsp3) is 0.571. The molecule has 2 heterocycles. The summed E-state index contributed by atoms with van der Waals surface area (Å²) in [6, 6.07) is 14.3. The van der Waals surface area contributed by atoms with Gasteiger partial charge in [-0.15, -0.1) is 0 Å². The highest BCUT2D eigenvalue weighted by molar-refractivity contribution is 5.98. The summed E-state index contributed by atoms with van der Waals surface area (Å²) < 4.78 is 0. The maximum absolute atomic E-state index is 14.3. The zero-order chi connectivity index (χ0) is 37.2. The molecule has 2 aromatic rings. The van der Waals surface area contributed by atoms with E-state index in [0.29, 0.717) is 18.5 Å². The maximum Gasteiger partial charge on any atom is 0.249 e. The first kappa shape index (κ1) is 38.3. The molecule has 2 saturated heterocycles. The van der Waals surface area contributed by atoms with Crippen molar-refractivity contribution in [2.45, 2.75) is 124 Å². The average Bonchev–Trinajstić information content (AvgIpc) is 3.71.